The highest BCUT2D eigenvalue weighted by molar-refractivity contribution is 7.13. The molecule has 0 saturated heterocycles. The van der Waals surface area contributed by atoms with Crippen molar-refractivity contribution in [2.24, 2.45) is 5.92 Å². The number of carbonyl (C=O) groups excluding carboxylic acids is 1. The summed E-state index contributed by atoms with van der Waals surface area (Å²) in [5.41, 5.74) is 8.12. The molecule has 3 N–H and O–H groups in total. The maximum Gasteiger partial charge on any atom is 0.224 e. The lowest BCUT2D eigenvalue weighted by atomic mass is 10.1. The molecule has 5 heteroatoms. The number of para-hydroxylation sites is 1. The second-order valence-electron chi connectivity index (χ2n) is 4.76. The van der Waals surface area contributed by atoms with Gasteiger partial charge in [0.05, 0.1) is 11.4 Å². The highest BCUT2D eigenvalue weighted by Gasteiger charge is 2.11. The summed E-state index contributed by atoms with van der Waals surface area (Å²) >= 11 is 1.39. The minimum absolute atomic E-state index is 0.0191. The van der Waals surface area contributed by atoms with Crippen molar-refractivity contribution in [3.8, 4) is 11.3 Å². The van der Waals surface area contributed by atoms with Gasteiger partial charge in [0, 0.05) is 17.4 Å². The average molecular weight is 275 g/mol. The van der Waals surface area contributed by atoms with E-state index in [0.29, 0.717) is 17.5 Å². The van der Waals surface area contributed by atoms with Gasteiger partial charge in [-0.05, 0) is 12.0 Å². The maximum absolute atomic E-state index is 11.9. The summed E-state index contributed by atoms with van der Waals surface area (Å²) in [6.45, 7) is 4.04. The predicted molar refractivity (Wildman–Crippen MR) is 80.0 cm³/mol. The predicted octanol–water partition coefficient (Wildman–Crippen LogP) is 3.38. The van der Waals surface area contributed by atoms with Crippen LogP contribution in [0.5, 0.6) is 0 Å². The molecule has 1 aromatic carbocycles. The number of hydrogen-bond acceptors (Lipinski definition) is 4. The van der Waals surface area contributed by atoms with E-state index in [1.165, 1.54) is 11.3 Å². The van der Waals surface area contributed by atoms with Crippen LogP contribution < -0.4 is 11.1 Å². The molecule has 0 atom stereocenters. The van der Waals surface area contributed by atoms with Gasteiger partial charge in [0.1, 0.15) is 0 Å². The van der Waals surface area contributed by atoms with Gasteiger partial charge >= 0.3 is 0 Å². The molecule has 0 bridgehead atoms. The van der Waals surface area contributed by atoms with Crippen molar-refractivity contribution < 1.29 is 4.79 Å². The van der Waals surface area contributed by atoms with E-state index in [1.807, 2.05) is 43.5 Å². The first kappa shape index (κ1) is 13.5. The smallest absolute Gasteiger partial charge is 0.224 e. The third-order valence-electron chi connectivity index (χ3n) is 2.59. The van der Waals surface area contributed by atoms with Gasteiger partial charge in [-0.15, -0.1) is 11.3 Å². The van der Waals surface area contributed by atoms with E-state index in [1.54, 1.807) is 0 Å². The highest BCUT2D eigenvalue weighted by Crippen LogP contribution is 2.29. The quantitative estimate of drug-likeness (QED) is 0.898. The van der Waals surface area contributed by atoms with E-state index in [9.17, 15) is 4.79 Å². The van der Waals surface area contributed by atoms with E-state index in [4.69, 9.17) is 5.73 Å². The lowest BCUT2D eigenvalue weighted by molar-refractivity contribution is -0.116. The van der Waals surface area contributed by atoms with Crippen molar-refractivity contribution in [2.75, 3.05) is 11.1 Å². The second-order valence-corrected chi connectivity index (χ2v) is 5.65. The number of amides is 1. The fraction of sp³-hybridized carbons (Fsp3) is 0.286. The normalized spacial score (nSPS) is 10.7. The SMILES string of the molecule is CC(C)CC(=O)Nc1ccccc1-c1csc(N)n1. The molecule has 1 heterocycles. The topological polar surface area (TPSA) is 68.0 Å². The summed E-state index contributed by atoms with van der Waals surface area (Å²) in [6, 6.07) is 7.62. The van der Waals surface area contributed by atoms with Crippen LogP contribution in [-0.4, -0.2) is 10.9 Å². The lowest BCUT2D eigenvalue weighted by Crippen LogP contribution is -2.14. The zero-order valence-electron chi connectivity index (χ0n) is 11.0. The monoisotopic (exact) mass is 275 g/mol. The molecular weight excluding hydrogens is 258 g/mol. The van der Waals surface area contributed by atoms with Crippen molar-refractivity contribution in [1.82, 2.24) is 4.98 Å². The molecule has 0 radical (unpaired) electrons. The summed E-state index contributed by atoms with van der Waals surface area (Å²) in [5, 5.41) is 5.35. The Morgan fingerprint density at radius 2 is 2.16 bits per heavy atom. The number of nitrogen functional groups attached to an aromatic ring is 1. The van der Waals surface area contributed by atoms with Gasteiger partial charge in [-0.3, -0.25) is 4.79 Å². The van der Waals surface area contributed by atoms with E-state index >= 15 is 0 Å². The van der Waals surface area contributed by atoms with Crippen LogP contribution in [0.15, 0.2) is 29.6 Å². The second kappa shape index (κ2) is 5.84. The molecule has 0 saturated carbocycles. The van der Waals surface area contributed by atoms with Crippen LogP contribution in [-0.2, 0) is 4.79 Å². The van der Waals surface area contributed by atoms with Crippen LogP contribution in [0.4, 0.5) is 10.8 Å². The zero-order valence-corrected chi connectivity index (χ0v) is 11.8. The molecule has 0 aliphatic carbocycles. The van der Waals surface area contributed by atoms with Crippen molar-refractivity contribution in [2.45, 2.75) is 20.3 Å². The fourth-order valence-corrected chi connectivity index (χ4v) is 2.36. The van der Waals surface area contributed by atoms with E-state index in [0.717, 1.165) is 16.9 Å². The first-order chi connectivity index (χ1) is 9.06. The number of thiazole rings is 1. The Labute approximate surface area is 116 Å². The minimum atomic E-state index is 0.0191. The summed E-state index contributed by atoms with van der Waals surface area (Å²) in [7, 11) is 0. The number of nitrogens with zero attached hydrogens (tertiary/aromatic N) is 1. The first-order valence-corrected chi connectivity index (χ1v) is 7.04. The van der Waals surface area contributed by atoms with E-state index < -0.39 is 0 Å². The third-order valence-corrected chi connectivity index (χ3v) is 3.27. The van der Waals surface area contributed by atoms with E-state index in [2.05, 4.69) is 10.3 Å². The fourth-order valence-electron chi connectivity index (χ4n) is 1.80. The molecular formula is C14H17N3OS. The molecule has 2 aromatic rings. The number of nitrogens with one attached hydrogen (secondary N) is 1. The number of rotatable bonds is 4. The molecule has 4 nitrogen and oxygen atoms in total. The number of anilines is 2. The maximum atomic E-state index is 11.9. The molecule has 2 rings (SSSR count). The third kappa shape index (κ3) is 3.54. The summed E-state index contributed by atoms with van der Waals surface area (Å²) in [6.07, 6.45) is 0.507. The van der Waals surface area contributed by atoms with Crippen LogP contribution in [0.25, 0.3) is 11.3 Å². The Morgan fingerprint density at radius 1 is 1.42 bits per heavy atom. The summed E-state index contributed by atoms with van der Waals surface area (Å²) < 4.78 is 0. The van der Waals surface area contributed by atoms with Gasteiger partial charge in [0.25, 0.3) is 0 Å². The number of aromatic nitrogens is 1. The number of benzene rings is 1. The molecule has 0 aliphatic heterocycles. The Hall–Kier alpha value is -1.88. The van der Waals surface area contributed by atoms with Gasteiger partial charge in [-0.25, -0.2) is 4.98 Å². The molecule has 0 spiro atoms. The molecule has 1 aromatic heterocycles. The molecule has 100 valence electrons. The zero-order chi connectivity index (χ0) is 13.8. The van der Waals surface area contributed by atoms with E-state index in [-0.39, 0.29) is 5.91 Å². The summed E-state index contributed by atoms with van der Waals surface area (Å²) in [4.78, 5) is 16.1. The minimum Gasteiger partial charge on any atom is -0.375 e. The van der Waals surface area contributed by atoms with Gasteiger partial charge < -0.3 is 11.1 Å². The van der Waals surface area contributed by atoms with Crippen molar-refractivity contribution in [1.29, 1.82) is 0 Å². The van der Waals surface area contributed by atoms with Crippen LogP contribution >= 0.6 is 11.3 Å². The number of carbonyl (C=O) groups is 1. The molecule has 0 aliphatic rings. The van der Waals surface area contributed by atoms with Crippen molar-refractivity contribution >= 4 is 28.1 Å². The largest absolute Gasteiger partial charge is 0.375 e. The summed E-state index contributed by atoms with van der Waals surface area (Å²) in [5.74, 6) is 0.354. The molecule has 0 fully saturated rings. The van der Waals surface area contributed by atoms with Gasteiger partial charge in [-0.2, -0.15) is 0 Å². The molecule has 19 heavy (non-hydrogen) atoms. The van der Waals surface area contributed by atoms with Crippen LogP contribution in [0.1, 0.15) is 20.3 Å². The average Bonchev–Trinajstić information content (AvgIpc) is 2.75. The number of hydrogen-bond donors (Lipinski definition) is 2. The lowest BCUT2D eigenvalue weighted by Gasteiger charge is -2.10. The Morgan fingerprint density at radius 3 is 2.79 bits per heavy atom. The Bertz CT molecular complexity index is 578. The molecule has 1 amide bonds. The van der Waals surface area contributed by atoms with Gasteiger partial charge in [0.15, 0.2) is 5.13 Å². The van der Waals surface area contributed by atoms with Gasteiger partial charge in [0.2, 0.25) is 5.91 Å². The Kier molecular flexibility index (Phi) is 4.16. The van der Waals surface area contributed by atoms with Gasteiger partial charge in [-0.1, -0.05) is 32.0 Å². The van der Waals surface area contributed by atoms with Crippen LogP contribution in [0.2, 0.25) is 0 Å². The number of nitrogens with two attached hydrogens (primary N) is 1. The van der Waals surface area contributed by atoms with Crippen molar-refractivity contribution in [3.05, 3.63) is 29.6 Å². The molecule has 0 unspecified atom stereocenters. The standard InChI is InChI=1S/C14H17N3OS/c1-9(2)7-13(18)16-11-6-4-3-5-10(11)12-8-19-14(15)17-12/h3-6,8-9H,7H2,1-2H3,(H2,15,17)(H,16,18). The van der Waals surface area contributed by atoms with Crippen LogP contribution in [0, 0.1) is 5.92 Å². The van der Waals surface area contributed by atoms with Crippen LogP contribution in [0.3, 0.4) is 0 Å². The Balaban J connectivity index is 2.24. The van der Waals surface area contributed by atoms with Crippen molar-refractivity contribution in [3.63, 3.8) is 0 Å². The highest BCUT2D eigenvalue weighted by atomic mass is 32.1. The first-order valence-electron chi connectivity index (χ1n) is 6.16.